The van der Waals surface area contributed by atoms with Crippen molar-refractivity contribution in [2.24, 2.45) is 0 Å². The Morgan fingerprint density at radius 2 is 1.62 bits per heavy atom. The van der Waals surface area contributed by atoms with E-state index in [1.807, 2.05) is 44.2 Å². The summed E-state index contributed by atoms with van der Waals surface area (Å²) in [5.74, 6) is -0.674. The van der Waals surface area contributed by atoms with Gasteiger partial charge in [-0.25, -0.2) is 4.79 Å². The summed E-state index contributed by atoms with van der Waals surface area (Å²) in [4.78, 5) is 39.3. The molecule has 0 saturated carbocycles. The molecule has 0 bridgehead atoms. The predicted octanol–water partition coefficient (Wildman–Crippen LogP) is 4.25. The van der Waals surface area contributed by atoms with Crippen molar-refractivity contribution >= 4 is 17.7 Å². The number of aryl methyl sites for hydroxylation is 2. The highest BCUT2D eigenvalue weighted by molar-refractivity contribution is 6.11. The van der Waals surface area contributed by atoms with E-state index in [2.05, 4.69) is 26.1 Å². The number of urea groups is 1. The molecule has 1 N–H and O–H groups in total. The van der Waals surface area contributed by atoms with Gasteiger partial charge in [-0.3, -0.25) is 14.5 Å². The van der Waals surface area contributed by atoms with Gasteiger partial charge in [0.2, 0.25) is 0 Å². The van der Waals surface area contributed by atoms with Crippen LogP contribution in [-0.2, 0) is 15.7 Å². The van der Waals surface area contributed by atoms with Crippen molar-refractivity contribution in [1.29, 1.82) is 0 Å². The molecule has 1 aliphatic rings. The molecule has 3 rings (SSSR count). The Hall–Kier alpha value is -2.95. The number of hydrogen-bond donors (Lipinski definition) is 1. The van der Waals surface area contributed by atoms with Crippen LogP contribution in [0.4, 0.5) is 4.79 Å². The number of ketones is 1. The number of hydrogen-bond acceptors (Lipinski definition) is 3. The fraction of sp³-hybridized carbons (Fsp3) is 0.375. The van der Waals surface area contributed by atoms with Crippen molar-refractivity contribution in [3.8, 4) is 0 Å². The minimum atomic E-state index is -1.18. The molecule has 5 heteroatoms. The minimum absolute atomic E-state index is 0.00695. The smallest absolute Gasteiger partial charge is 0.319 e. The first kappa shape index (κ1) is 20.8. The summed E-state index contributed by atoms with van der Waals surface area (Å²) in [5.41, 5.74) is 3.23. The van der Waals surface area contributed by atoms with Crippen LogP contribution in [0.1, 0.15) is 60.3 Å². The number of rotatable bonds is 4. The molecule has 1 fully saturated rings. The predicted molar refractivity (Wildman–Crippen MR) is 113 cm³/mol. The summed E-state index contributed by atoms with van der Waals surface area (Å²) in [6, 6.07) is 12.5. The maximum atomic E-state index is 13.1. The maximum absolute atomic E-state index is 13.1. The molecule has 1 heterocycles. The van der Waals surface area contributed by atoms with E-state index in [4.69, 9.17) is 0 Å². The van der Waals surface area contributed by atoms with Crippen molar-refractivity contribution in [1.82, 2.24) is 10.2 Å². The third-order valence-electron chi connectivity index (χ3n) is 5.73. The van der Waals surface area contributed by atoms with E-state index in [-0.39, 0.29) is 17.7 Å². The van der Waals surface area contributed by atoms with Gasteiger partial charge in [-0.05, 0) is 54.5 Å². The highest BCUT2D eigenvalue weighted by atomic mass is 16.2. The van der Waals surface area contributed by atoms with Crippen LogP contribution in [-0.4, -0.2) is 29.2 Å². The highest BCUT2D eigenvalue weighted by Gasteiger charge is 2.49. The Morgan fingerprint density at radius 1 is 1.00 bits per heavy atom. The number of carbonyl (C=O) groups excluding carboxylic acids is 3. The Bertz CT molecular complexity index is 986. The van der Waals surface area contributed by atoms with Crippen molar-refractivity contribution in [3.63, 3.8) is 0 Å². The quantitative estimate of drug-likeness (QED) is 0.625. The van der Waals surface area contributed by atoms with E-state index in [9.17, 15) is 14.4 Å². The van der Waals surface area contributed by atoms with Crippen molar-refractivity contribution in [3.05, 3.63) is 70.3 Å². The maximum Gasteiger partial charge on any atom is 0.325 e. The van der Waals surface area contributed by atoms with Crippen molar-refractivity contribution in [2.75, 3.05) is 6.54 Å². The number of imide groups is 1. The molecule has 152 valence electrons. The Morgan fingerprint density at radius 3 is 2.17 bits per heavy atom. The van der Waals surface area contributed by atoms with Crippen LogP contribution < -0.4 is 5.32 Å². The fourth-order valence-corrected chi connectivity index (χ4v) is 3.49. The summed E-state index contributed by atoms with van der Waals surface area (Å²) in [7, 11) is 0. The first-order chi connectivity index (χ1) is 13.4. The zero-order valence-electron chi connectivity index (χ0n) is 17.9. The van der Waals surface area contributed by atoms with Crippen LogP contribution in [0.2, 0.25) is 0 Å². The van der Waals surface area contributed by atoms with Gasteiger partial charge in [0, 0.05) is 5.56 Å². The molecule has 1 saturated heterocycles. The molecule has 1 aliphatic heterocycles. The summed E-state index contributed by atoms with van der Waals surface area (Å²) in [6.45, 7) is 11.7. The third kappa shape index (κ3) is 3.82. The highest BCUT2D eigenvalue weighted by Crippen LogP contribution is 2.31. The van der Waals surface area contributed by atoms with Gasteiger partial charge in [0.05, 0.1) is 6.54 Å². The molecule has 3 amide bonds. The first-order valence-electron chi connectivity index (χ1n) is 9.79. The SMILES string of the molecule is Cc1ccc(C(=O)CN2C(=O)NC(C)(c3ccc(C(C)(C)C)cc3)C2=O)cc1C. The third-order valence-corrected chi connectivity index (χ3v) is 5.73. The average molecular weight is 392 g/mol. The zero-order valence-corrected chi connectivity index (χ0v) is 17.9. The number of amides is 3. The molecule has 0 aromatic heterocycles. The van der Waals surface area contributed by atoms with E-state index >= 15 is 0 Å². The van der Waals surface area contributed by atoms with Gasteiger partial charge >= 0.3 is 6.03 Å². The van der Waals surface area contributed by atoms with E-state index in [1.54, 1.807) is 19.1 Å². The lowest BCUT2D eigenvalue weighted by molar-refractivity contribution is -0.130. The average Bonchev–Trinajstić information content (AvgIpc) is 2.87. The molecule has 1 atom stereocenters. The monoisotopic (exact) mass is 392 g/mol. The summed E-state index contributed by atoms with van der Waals surface area (Å²) < 4.78 is 0. The lowest BCUT2D eigenvalue weighted by atomic mass is 9.84. The number of nitrogens with one attached hydrogen (secondary N) is 1. The number of carbonyl (C=O) groups is 3. The molecule has 0 aliphatic carbocycles. The van der Waals surface area contributed by atoms with Crippen LogP contribution in [0.3, 0.4) is 0 Å². The second-order valence-electron chi connectivity index (χ2n) is 9.00. The normalized spacial score (nSPS) is 19.4. The first-order valence-corrected chi connectivity index (χ1v) is 9.79. The Labute approximate surface area is 172 Å². The molecular formula is C24H28N2O3. The van der Waals surface area contributed by atoms with Gasteiger partial charge in [-0.1, -0.05) is 57.2 Å². The summed E-state index contributed by atoms with van der Waals surface area (Å²) >= 11 is 0. The Balaban J connectivity index is 1.83. The van der Waals surface area contributed by atoms with E-state index < -0.39 is 17.5 Å². The minimum Gasteiger partial charge on any atom is -0.319 e. The van der Waals surface area contributed by atoms with E-state index in [1.165, 1.54) is 0 Å². The Kier molecular flexibility index (Phi) is 5.11. The van der Waals surface area contributed by atoms with Crippen LogP contribution in [0.15, 0.2) is 42.5 Å². The lowest BCUT2D eigenvalue weighted by Crippen LogP contribution is -2.41. The molecule has 29 heavy (non-hydrogen) atoms. The molecule has 2 aromatic rings. The van der Waals surface area contributed by atoms with Gasteiger partial charge < -0.3 is 5.32 Å². The van der Waals surface area contributed by atoms with Gasteiger partial charge in [0.1, 0.15) is 5.54 Å². The number of Topliss-reactive ketones (excluding diaryl/α,β-unsaturated/α-hetero) is 1. The van der Waals surface area contributed by atoms with Crippen LogP contribution >= 0.6 is 0 Å². The largest absolute Gasteiger partial charge is 0.325 e. The van der Waals surface area contributed by atoms with Gasteiger partial charge in [0.25, 0.3) is 5.91 Å². The van der Waals surface area contributed by atoms with Crippen molar-refractivity contribution < 1.29 is 14.4 Å². The second-order valence-corrected chi connectivity index (χ2v) is 9.00. The van der Waals surface area contributed by atoms with Crippen molar-refractivity contribution in [2.45, 2.75) is 52.5 Å². The molecule has 5 nitrogen and oxygen atoms in total. The van der Waals surface area contributed by atoms with Crippen LogP contribution in [0.5, 0.6) is 0 Å². The zero-order chi connectivity index (χ0) is 21.6. The lowest BCUT2D eigenvalue weighted by Gasteiger charge is -2.24. The molecule has 1 unspecified atom stereocenters. The summed E-state index contributed by atoms with van der Waals surface area (Å²) in [5, 5.41) is 2.77. The fourth-order valence-electron chi connectivity index (χ4n) is 3.49. The van der Waals surface area contributed by atoms with E-state index in [0.29, 0.717) is 11.1 Å². The summed E-state index contributed by atoms with van der Waals surface area (Å²) in [6.07, 6.45) is 0. The van der Waals surface area contributed by atoms with Gasteiger partial charge in [-0.15, -0.1) is 0 Å². The molecule has 0 spiro atoms. The number of benzene rings is 2. The molecule has 2 aromatic carbocycles. The molecular weight excluding hydrogens is 364 g/mol. The van der Waals surface area contributed by atoms with Crippen LogP contribution in [0.25, 0.3) is 0 Å². The van der Waals surface area contributed by atoms with Gasteiger partial charge in [0.15, 0.2) is 5.78 Å². The second kappa shape index (κ2) is 7.14. The standard InChI is InChI=1S/C24H28N2O3/c1-15-7-8-17(13-16(15)2)20(27)14-26-21(28)24(6,25-22(26)29)19-11-9-18(10-12-19)23(3,4)5/h7-13H,14H2,1-6H3,(H,25,29). The molecule has 0 radical (unpaired) electrons. The van der Waals surface area contributed by atoms with E-state index in [0.717, 1.165) is 21.6 Å². The van der Waals surface area contributed by atoms with Crippen LogP contribution in [0, 0.1) is 13.8 Å². The van der Waals surface area contributed by atoms with Gasteiger partial charge in [-0.2, -0.15) is 0 Å². The number of nitrogens with zero attached hydrogens (tertiary/aromatic N) is 1. The topological polar surface area (TPSA) is 66.5 Å².